The summed E-state index contributed by atoms with van der Waals surface area (Å²) in [6.07, 6.45) is 1.38. The molecule has 0 unspecified atom stereocenters. The minimum Gasteiger partial charge on any atom is -0.364 e. The van der Waals surface area contributed by atoms with Crippen LogP contribution in [0, 0.1) is 11.8 Å². The topological polar surface area (TPSA) is 72.4 Å². The molecule has 0 atom stereocenters. The van der Waals surface area contributed by atoms with E-state index in [4.69, 9.17) is 5.73 Å². The van der Waals surface area contributed by atoms with Gasteiger partial charge in [0.25, 0.3) is 5.91 Å². The van der Waals surface area contributed by atoms with Crippen molar-refractivity contribution in [2.75, 3.05) is 13.6 Å². The van der Waals surface area contributed by atoms with E-state index in [1.54, 1.807) is 18.0 Å². The Balaban J connectivity index is 2.08. The van der Waals surface area contributed by atoms with Crippen LogP contribution >= 0.6 is 0 Å². The molecule has 0 saturated carbocycles. The molecular formula is C15H15N3O2. The number of nitrogens with two attached hydrogens (primary N) is 1. The van der Waals surface area contributed by atoms with Gasteiger partial charge in [0, 0.05) is 25.2 Å². The van der Waals surface area contributed by atoms with Gasteiger partial charge in [0.1, 0.15) is 6.26 Å². The smallest absolute Gasteiger partial charge is 0.276 e. The van der Waals surface area contributed by atoms with Crippen LogP contribution in [0.1, 0.15) is 21.6 Å². The predicted molar refractivity (Wildman–Crippen MR) is 74.7 cm³/mol. The van der Waals surface area contributed by atoms with E-state index in [0.717, 1.165) is 11.1 Å². The summed E-state index contributed by atoms with van der Waals surface area (Å²) in [5, 5.41) is 3.63. The highest BCUT2D eigenvalue weighted by Gasteiger charge is 2.14. The summed E-state index contributed by atoms with van der Waals surface area (Å²) in [6, 6.07) is 9.24. The zero-order valence-corrected chi connectivity index (χ0v) is 11.2. The molecule has 20 heavy (non-hydrogen) atoms. The standard InChI is InChI=1S/C15H15N3O2/c1-18(15(19)14-7-9-20-17-14)11-13-5-2-4-12(10-13)6-3-8-16/h2,4-5,7,9-10H,8,11,16H2,1H3. The summed E-state index contributed by atoms with van der Waals surface area (Å²) in [5.41, 5.74) is 7.52. The van der Waals surface area contributed by atoms with Gasteiger partial charge in [-0.15, -0.1) is 0 Å². The molecule has 0 aliphatic carbocycles. The Labute approximate surface area is 117 Å². The second kappa shape index (κ2) is 6.55. The van der Waals surface area contributed by atoms with Gasteiger partial charge in [-0.2, -0.15) is 0 Å². The van der Waals surface area contributed by atoms with Gasteiger partial charge in [0.15, 0.2) is 5.69 Å². The highest BCUT2D eigenvalue weighted by atomic mass is 16.5. The number of aromatic nitrogens is 1. The van der Waals surface area contributed by atoms with Gasteiger partial charge >= 0.3 is 0 Å². The van der Waals surface area contributed by atoms with Crippen molar-refractivity contribution in [2.24, 2.45) is 5.73 Å². The van der Waals surface area contributed by atoms with Crippen molar-refractivity contribution >= 4 is 5.91 Å². The van der Waals surface area contributed by atoms with Gasteiger partial charge in [0.05, 0.1) is 6.54 Å². The molecule has 2 rings (SSSR count). The zero-order chi connectivity index (χ0) is 14.4. The quantitative estimate of drug-likeness (QED) is 0.851. The van der Waals surface area contributed by atoms with Crippen molar-refractivity contribution in [3.05, 3.63) is 53.4 Å². The molecule has 1 amide bonds. The first-order valence-corrected chi connectivity index (χ1v) is 6.14. The van der Waals surface area contributed by atoms with E-state index in [1.807, 2.05) is 24.3 Å². The Morgan fingerprint density at radius 1 is 1.45 bits per heavy atom. The first-order chi connectivity index (χ1) is 9.70. The molecule has 0 saturated heterocycles. The average Bonchev–Trinajstić information content (AvgIpc) is 2.98. The molecule has 2 N–H and O–H groups in total. The number of carbonyl (C=O) groups is 1. The van der Waals surface area contributed by atoms with Crippen LogP contribution in [0.2, 0.25) is 0 Å². The first-order valence-electron chi connectivity index (χ1n) is 6.14. The minimum atomic E-state index is -0.183. The van der Waals surface area contributed by atoms with Gasteiger partial charge in [-0.1, -0.05) is 29.1 Å². The summed E-state index contributed by atoms with van der Waals surface area (Å²) < 4.78 is 4.67. The molecule has 0 aliphatic rings. The SMILES string of the molecule is CN(Cc1cccc(C#CCN)c1)C(=O)c1ccon1. The first kappa shape index (κ1) is 13.8. The molecule has 1 heterocycles. The summed E-state index contributed by atoms with van der Waals surface area (Å²) in [7, 11) is 1.72. The summed E-state index contributed by atoms with van der Waals surface area (Å²) >= 11 is 0. The fourth-order valence-corrected chi connectivity index (χ4v) is 1.76. The largest absolute Gasteiger partial charge is 0.364 e. The molecule has 1 aromatic heterocycles. The Hall–Kier alpha value is -2.58. The second-order valence-corrected chi connectivity index (χ2v) is 4.25. The van der Waals surface area contributed by atoms with Crippen molar-refractivity contribution in [1.29, 1.82) is 0 Å². The Kier molecular flexibility index (Phi) is 4.53. The van der Waals surface area contributed by atoms with Crippen molar-refractivity contribution < 1.29 is 9.32 Å². The molecule has 102 valence electrons. The molecule has 0 spiro atoms. The molecule has 0 aliphatic heterocycles. The minimum absolute atomic E-state index is 0.183. The number of amides is 1. The molecular weight excluding hydrogens is 254 g/mol. The highest BCUT2D eigenvalue weighted by molar-refractivity contribution is 5.91. The van der Waals surface area contributed by atoms with E-state index in [2.05, 4.69) is 21.5 Å². The Bertz CT molecular complexity index is 639. The zero-order valence-electron chi connectivity index (χ0n) is 11.2. The van der Waals surface area contributed by atoms with Crippen LogP contribution in [0.4, 0.5) is 0 Å². The molecule has 5 heteroatoms. The molecule has 2 aromatic rings. The van der Waals surface area contributed by atoms with Crippen LogP contribution in [0.15, 0.2) is 41.1 Å². The average molecular weight is 269 g/mol. The monoisotopic (exact) mass is 269 g/mol. The predicted octanol–water partition coefficient (Wildman–Crippen LogP) is 1.26. The van der Waals surface area contributed by atoms with E-state index < -0.39 is 0 Å². The third-order valence-corrected chi connectivity index (χ3v) is 2.69. The second-order valence-electron chi connectivity index (χ2n) is 4.25. The van der Waals surface area contributed by atoms with Crippen molar-refractivity contribution in [3.8, 4) is 11.8 Å². The number of hydrogen-bond acceptors (Lipinski definition) is 4. The number of benzene rings is 1. The molecule has 0 radical (unpaired) electrons. The molecule has 1 aromatic carbocycles. The van der Waals surface area contributed by atoms with Crippen molar-refractivity contribution in [1.82, 2.24) is 10.1 Å². The third kappa shape index (κ3) is 3.46. The van der Waals surface area contributed by atoms with Crippen LogP contribution in [0.5, 0.6) is 0 Å². The maximum Gasteiger partial charge on any atom is 0.276 e. The lowest BCUT2D eigenvalue weighted by molar-refractivity contribution is 0.0774. The third-order valence-electron chi connectivity index (χ3n) is 2.69. The maximum atomic E-state index is 12.0. The fourth-order valence-electron chi connectivity index (χ4n) is 1.76. The van der Waals surface area contributed by atoms with Gasteiger partial charge in [-0.3, -0.25) is 4.79 Å². The van der Waals surface area contributed by atoms with E-state index in [0.29, 0.717) is 18.8 Å². The van der Waals surface area contributed by atoms with Gasteiger partial charge in [-0.05, 0) is 17.7 Å². The van der Waals surface area contributed by atoms with Crippen molar-refractivity contribution in [3.63, 3.8) is 0 Å². The lowest BCUT2D eigenvalue weighted by Gasteiger charge is -2.15. The number of hydrogen-bond donors (Lipinski definition) is 1. The van der Waals surface area contributed by atoms with Crippen LogP contribution in [0.25, 0.3) is 0 Å². The number of carbonyl (C=O) groups excluding carboxylic acids is 1. The maximum absolute atomic E-state index is 12.0. The highest BCUT2D eigenvalue weighted by Crippen LogP contribution is 2.09. The summed E-state index contributed by atoms with van der Waals surface area (Å²) in [6.45, 7) is 0.804. The van der Waals surface area contributed by atoms with E-state index in [9.17, 15) is 4.79 Å². The lowest BCUT2D eigenvalue weighted by Crippen LogP contribution is -2.26. The molecule has 5 nitrogen and oxygen atoms in total. The van der Waals surface area contributed by atoms with E-state index >= 15 is 0 Å². The van der Waals surface area contributed by atoms with Crippen LogP contribution in [-0.4, -0.2) is 29.6 Å². The Morgan fingerprint density at radius 3 is 3.00 bits per heavy atom. The Morgan fingerprint density at radius 2 is 2.30 bits per heavy atom. The number of nitrogens with zero attached hydrogens (tertiary/aromatic N) is 2. The van der Waals surface area contributed by atoms with Crippen LogP contribution in [-0.2, 0) is 6.54 Å². The van der Waals surface area contributed by atoms with E-state index in [-0.39, 0.29) is 5.91 Å². The van der Waals surface area contributed by atoms with Gasteiger partial charge in [0.2, 0.25) is 0 Å². The normalized spacial score (nSPS) is 9.70. The van der Waals surface area contributed by atoms with Gasteiger partial charge in [-0.25, -0.2) is 0 Å². The number of rotatable bonds is 3. The van der Waals surface area contributed by atoms with Crippen molar-refractivity contribution in [2.45, 2.75) is 6.54 Å². The summed E-state index contributed by atoms with van der Waals surface area (Å²) in [5.74, 6) is 5.59. The molecule has 0 bridgehead atoms. The summed E-state index contributed by atoms with van der Waals surface area (Å²) in [4.78, 5) is 13.6. The van der Waals surface area contributed by atoms with Crippen LogP contribution in [0.3, 0.4) is 0 Å². The molecule has 0 fully saturated rings. The fraction of sp³-hybridized carbons (Fsp3) is 0.200. The lowest BCUT2D eigenvalue weighted by atomic mass is 10.1. The van der Waals surface area contributed by atoms with Gasteiger partial charge < -0.3 is 15.2 Å². The van der Waals surface area contributed by atoms with E-state index in [1.165, 1.54) is 6.26 Å². The van der Waals surface area contributed by atoms with Crippen LogP contribution < -0.4 is 5.73 Å².